The van der Waals surface area contributed by atoms with Crippen molar-refractivity contribution < 1.29 is 19.1 Å². The van der Waals surface area contributed by atoms with E-state index in [1.54, 1.807) is 11.9 Å². The fourth-order valence-electron chi connectivity index (χ4n) is 3.81. The molecule has 34 heavy (non-hydrogen) atoms. The van der Waals surface area contributed by atoms with Gasteiger partial charge in [-0.25, -0.2) is 9.59 Å². The smallest absolute Gasteiger partial charge is 0.410 e. The zero-order valence-electron chi connectivity index (χ0n) is 20.3. The molecule has 0 radical (unpaired) electrons. The number of anilines is 1. The Kier molecular flexibility index (Phi) is 8.67. The van der Waals surface area contributed by atoms with Crippen LogP contribution in [0.4, 0.5) is 15.3 Å². The SMILES string of the molecule is CN(C(=O)OC(C)(C)C)[C@@H]1CCN(c2ccc(CCNC(=O)OCc3ccccc3)cc2Cl)C1. The van der Waals surface area contributed by atoms with Crippen molar-refractivity contribution in [3.05, 3.63) is 64.7 Å². The number of amides is 2. The van der Waals surface area contributed by atoms with E-state index in [0.717, 1.165) is 29.8 Å². The Morgan fingerprint density at radius 3 is 2.56 bits per heavy atom. The van der Waals surface area contributed by atoms with Gasteiger partial charge in [0.05, 0.1) is 16.8 Å². The molecule has 184 valence electrons. The number of likely N-dealkylation sites (N-methyl/N-ethyl adjacent to an activating group) is 1. The number of hydrogen-bond acceptors (Lipinski definition) is 5. The van der Waals surface area contributed by atoms with Crippen LogP contribution < -0.4 is 10.2 Å². The maximum absolute atomic E-state index is 12.4. The lowest BCUT2D eigenvalue weighted by Gasteiger charge is -2.29. The normalized spacial score (nSPS) is 15.7. The summed E-state index contributed by atoms with van der Waals surface area (Å²) in [6.45, 7) is 7.80. The third-order valence-electron chi connectivity index (χ3n) is 5.64. The van der Waals surface area contributed by atoms with Crippen LogP contribution in [0, 0.1) is 0 Å². The van der Waals surface area contributed by atoms with Crippen molar-refractivity contribution in [1.82, 2.24) is 10.2 Å². The largest absolute Gasteiger partial charge is 0.445 e. The van der Waals surface area contributed by atoms with Gasteiger partial charge in [-0.3, -0.25) is 0 Å². The third kappa shape index (κ3) is 7.55. The third-order valence-corrected chi connectivity index (χ3v) is 5.94. The first kappa shape index (κ1) is 25.7. The topological polar surface area (TPSA) is 71.1 Å². The summed E-state index contributed by atoms with van der Waals surface area (Å²) in [5.74, 6) is 0. The monoisotopic (exact) mass is 487 g/mol. The summed E-state index contributed by atoms with van der Waals surface area (Å²) in [7, 11) is 1.78. The van der Waals surface area contributed by atoms with Gasteiger partial charge in [0.1, 0.15) is 12.2 Å². The average molecular weight is 488 g/mol. The Morgan fingerprint density at radius 1 is 1.15 bits per heavy atom. The molecule has 1 saturated heterocycles. The van der Waals surface area contributed by atoms with Gasteiger partial charge in [0.25, 0.3) is 0 Å². The van der Waals surface area contributed by atoms with Crippen LogP contribution in [0.2, 0.25) is 5.02 Å². The van der Waals surface area contributed by atoms with Crippen molar-refractivity contribution in [2.45, 2.75) is 51.9 Å². The molecule has 1 fully saturated rings. The van der Waals surface area contributed by atoms with Crippen LogP contribution in [0.5, 0.6) is 0 Å². The van der Waals surface area contributed by atoms with E-state index in [1.165, 1.54) is 0 Å². The van der Waals surface area contributed by atoms with E-state index in [2.05, 4.69) is 10.2 Å². The van der Waals surface area contributed by atoms with Crippen molar-refractivity contribution >= 4 is 29.5 Å². The summed E-state index contributed by atoms with van der Waals surface area (Å²) in [5, 5.41) is 3.43. The van der Waals surface area contributed by atoms with E-state index in [-0.39, 0.29) is 18.7 Å². The highest BCUT2D eigenvalue weighted by Gasteiger charge is 2.31. The number of carbonyl (C=O) groups excluding carboxylic acids is 2. The van der Waals surface area contributed by atoms with Gasteiger partial charge in [-0.05, 0) is 56.9 Å². The van der Waals surface area contributed by atoms with E-state index < -0.39 is 11.7 Å². The minimum Gasteiger partial charge on any atom is -0.445 e. The van der Waals surface area contributed by atoms with Gasteiger partial charge >= 0.3 is 12.2 Å². The second kappa shape index (κ2) is 11.5. The van der Waals surface area contributed by atoms with E-state index in [9.17, 15) is 9.59 Å². The highest BCUT2D eigenvalue weighted by atomic mass is 35.5. The lowest BCUT2D eigenvalue weighted by Crippen LogP contribution is -2.42. The summed E-state index contributed by atoms with van der Waals surface area (Å²) < 4.78 is 10.7. The predicted octanol–water partition coefficient (Wildman–Crippen LogP) is 5.25. The van der Waals surface area contributed by atoms with Crippen LogP contribution in [-0.2, 0) is 22.5 Å². The number of nitrogens with zero attached hydrogens (tertiary/aromatic N) is 2. The molecule has 3 rings (SSSR count). The van der Waals surface area contributed by atoms with E-state index in [1.807, 2.05) is 69.3 Å². The summed E-state index contributed by atoms with van der Waals surface area (Å²) in [5.41, 5.74) is 2.40. The van der Waals surface area contributed by atoms with Crippen LogP contribution in [0.15, 0.2) is 48.5 Å². The first-order valence-electron chi connectivity index (χ1n) is 11.6. The summed E-state index contributed by atoms with van der Waals surface area (Å²) in [4.78, 5) is 28.2. The maximum Gasteiger partial charge on any atom is 0.410 e. The molecule has 2 aromatic rings. The number of ether oxygens (including phenoxy) is 2. The summed E-state index contributed by atoms with van der Waals surface area (Å²) in [6, 6.07) is 15.6. The number of carbonyl (C=O) groups is 2. The number of nitrogens with one attached hydrogen (secondary N) is 1. The Morgan fingerprint density at radius 2 is 1.88 bits per heavy atom. The van der Waals surface area contributed by atoms with Gasteiger partial charge in [-0.1, -0.05) is 48.0 Å². The highest BCUT2D eigenvalue weighted by Crippen LogP contribution is 2.31. The summed E-state index contributed by atoms with van der Waals surface area (Å²) >= 11 is 6.59. The molecule has 0 aliphatic carbocycles. The average Bonchev–Trinajstić information content (AvgIpc) is 3.26. The highest BCUT2D eigenvalue weighted by molar-refractivity contribution is 6.33. The van der Waals surface area contributed by atoms with Crippen LogP contribution in [0.25, 0.3) is 0 Å². The maximum atomic E-state index is 12.4. The van der Waals surface area contributed by atoms with Crippen LogP contribution in [0.1, 0.15) is 38.3 Å². The molecule has 1 N–H and O–H groups in total. The Labute approximate surface area is 207 Å². The molecule has 0 aromatic heterocycles. The number of alkyl carbamates (subject to hydrolysis) is 1. The second-order valence-electron chi connectivity index (χ2n) is 9.50. The molecule has 0 unspecified atom stereocenters. The molecule has 1 aliphatic heterocycles. The zero-order chi connectivity index (χ0) is 24.7. The number of benzene rings is 2. The molecule has 8 heteroatoms. The Hall–Kier alpha value is -2.93. The molecule has 2 amide bonds. The Balaban J connectivity index is 1.45. The van der Waals surface area contributed by atoms with Gasteiger partial charge in [0.2, 0.25) is 0 Å². The van der Waals surface area contributed by atoms with Crippen molar-refractivity contribution in [3.63, 3.8) is 0 Å². The van der Waals surface area contributed by atoms with Crippen LogP contribution >= 0.6 is 11.6 Å². The van der Waals surface area contributed by atoms with Crippen LogP contribution in [0.3, 0.4) is 0 Å². The van der Waals surface area contributed by atoms with Crippen molar-refractivity contribution in [2.75, 3.05) is 31.6 Å². The van der Waals surface area contributed by atoms with Crippen LogP contribution in [-0.4, -0.2) is 55.4 Å². The quantitative estimate of drug-likeness (QED) is 0.577. The number of hydrogen-bond donors (Lipinski definition) is 1. The van der Waals surface area contributed by atoms with Gasteiger partial charge in [-0.15, -0.1) is 0 Å². The first-order chi connectivity index (χ1) is 16.1. The summed E-state index contributed by atoms with van der Waals surface area (Å²) in [6.07, 6.45) is 0.743. The molecule has 2 aromatic carbocycles. The molecule has 0 bridgehead atoms. The standard InChI is InChI=1S/C26H34ClN3O4/c1-26(2,3)34-25(32)29(4)21-13-15-30(17-21)23-11-10-19(16-22(23)27)12-14-28-24(31)33-18-20-8-6-5-7-9-20/h5-11,16,21H,12-15,17-18H2,1-4H3,(H,28,31)/t21-/m1/s1. The lowest BCUT2D eigenvalue weighted by atomic mass is 10.1. The van der Waals surface area contributed by atoms with Gasteiger partial charge in [0.15, 0.2) is 0 Å². The lowest BCUT2D eigenvalue weighted by molar-refractivity contribution is 0.0238. The molecule has 0 saturated carbocycles. The van der Waals surface area contributed by atoms with E-state index >= 15 is 0 Å². The molecule has 0 spiro atoms. The molecule has 1 atom stereocenters. The number of halogens is 1. The van der Waals surface area contributed by atoms with Crippen molar-refractivity contribution in [1.29, 1.82) is 0 Å². The molecule has 7 nitrogen and oxygen atoms in total. The first-order valence-corrected chi connectivity index (χ1v) is 11.9. The molecular weight excluding hydrogens is 454 g/mol. The second-order valence-corrected chi connectivity index (χ2v) is 9.91. The fourth-order valence-corrected chi connectivity index (χ4v) is 4.13. The van der Waals surface area contributed by atoms with E-state index in [0.29, 0.717) is 24.5 Å². The molecule has 1 heterocycles. The van der Waals surface area contributed by atoms with Crippen molar-refractivity contribution in [3.8, 4) is 0 Å². The predicted molar refractivity (Wildman–Crippen MR) is 134 cm³/mol. The molecular formula is C26H34ClN3O4. The van der Waals surface area contributed by atoms with E-state index in [4.69, 9.17) is 21.1 Å². The molecule has 1 aliphatic rings. The van der Waals surface area contributed by atoms with Gasteiger partial charge in [0, 0.05) is 26.7 Å². The Bertz CT molecular complexity index is 978. The minimum absolute atomic E-state index is 0.0664. The minimum atomic E-state index is -0.518. The van der Waals surface area contributed by atoms with Gasteiger partial charge in [-0.2, -0.15) is 0 Å². The number of rotatable bonds is 7. The fraction of sp³-hybridized carbons (Fsp3) is 0.462. The van der Waals surface area contributed by atoms with Crippen molar-refractivity contribution in [2.24, 2.45) is 0 Å². The van der Waals surface area contributed by atoms with Gasteiger partial charge < -0.3 is 24.6 Å². The zero-order valence-corrected chi connectivity index (χ0v) is 21.1.